The van der Waals surface area contributed by atoms with E-state index in [1.165, 1.54) is 6.07 Å². The second kappa shape index (κ2) is 6.20. The van der Waals surface area contributed by atoms with E-state index < -0.39 is 11.7 Å². The number of carbonyl (C=O) groups excluding carboxylic acids is 1. The molecular weight excluding hydrogens is 239 g/mol. The third kappa shape index (κ3) is 3.59. The molecule has 0 bridgehead atoms. The van der Waals surface area contributed by atoms with Crippen molar-refractivity contribution in [1.29, 1.82) is 0 Å². The predicted molar refractivity (Wildman–Crippen MR) is 65.9 cm³/mol. The van der Waals surface area contributed by atoms with Gasteiger partial charge in [-0.3, -0.25) is 4.79 Å². The molecule has 18 heavy (non-hydrogen) atoms. The molecule has 1 rings (SSSR count). The van der Waals surface area contributed by atoms with Gasteiger partial charge in [-0.1, -0.05) is 0 Å². The van der Waals surface area contributed by atoms with E-state index in [0.717, 1.165) is 6.07 Å². The van der Waals surface area contributed by atoms with Crippen molar-refractivity contribution in [3.05, 3.63) is 23.5 Å². The highest BCUT2D eigenvalue weighted by Crippen LogP contribution is 2.24. The fourth-order valence-electron chi connectivity index (χ4n) is 1.41. The molecule has 0 aliphatic rings. The number of halogens is 1. The summed E-state index contributed by atoms with van der Waals surface area (Å²) in [7, 11) is 0. The van der Waals surface area contributed by atoms with E-state index in [1.807, 2.05) is 6.92 Å². The van der Waals surface area contributed by atoms with Crippen LogP contribution >= 0.6 is 0 Å². The number of amides is 1. The van der Waals surface area contributed by atoms with Crippen molar-refractivity contribution < 1.29 is 18.7 Å². The number of benzene rings is 1. The van der Waals surface area contributed by atoms with Crippen LogP contribution in [0.1, 0.15) is 24.2 Å². The fraction of sp³-hybridized carbons (Fsp3) is 0.417. The largest absolute Gasteiger partial charge is 0.485 e. The van der Waals surface area contributed by atoms with Crippen LogP contribution in [0, 0.1) is 5.82 Å². The highest BCUT2D eigenvalue weighted by Gasteiger charge is 2.15. The normalized spacial score (nSPS) is 12.2. The summed E-state index contributed by atoms with van der Waals surface area (Å²) in [4.78, 5) is 11.1. The first-order valence-corrected chi connectivity index (χ1v) is 5.59. The first-order chi connectivity index (χ1) is 8.45. The van der Waals surface area contributed by atoms with Gasteiger partial charge in [-0.2, -0.15) is 0 Å². The Morgan fingerprint density at radius 3 is 2.72 bits per heavy atom. The Labute approximate surface area is 105 Å². The third-order valence-corrected chi connectivity index (χ3v) is 2.25. The van der Waals surface area contributed by atoms with Crippen LogP contribution in [0.5, 0.6) is 5.75 Å². The minimum atomic E-state index is -0.727. The molecule has 4 N–H and O–H groups in total. The molecule has 0 aliphatic heterocycles. The van der Waals surface area contributed by atoms with Crippen LogP contribution in [0.2, 0.25) is 0 Å². The summed E-state index contributed by atoms with van der Waals surface area (Å²) in [5.41, 5.74) is 10.6. The summed E-state index contributed by atoms with van der Waals surface area (Å²) in [5, 5.41) is 0. The molecule has 6 heteroatoms. The Morgan fingerprint density at radius 2 is 2.17 bits per heavy atom. The second-order valence-electron chi connectivity index (χ2n) is 3.82. The number of anilines is 1. The maximum absolute atomic E-state index is 13.6. The number of hydrogen-bond donors (Lipinski definition) is 2. The number of carbonyl (C=O) groups is 1. The van der Waals surface area contributed by atoms with E-state index in [-0.39, 0.29) is 23.1 Å². The van der Waals surface area contributed by atoms with Crippen molar-refractivity contribution in [2.45, 2.75) is 20.0 Å². The standard InChI is InChI=1S/C12H17FN2O3/c1-3-17-6-7(2)18-11-4-8(12(15)16)10(14)5-9(11)13/h4-5,7H,3,6,14H2,1-2H3,(H2,15,16). The quantitative estimate of drug-likeness (QED) is 0.751. The first-order valence-electron chi connectivity index (χ1n) is 5.59. The number of hydrogen-bond acceptors (Lipinski definition) is 4. The molecule has 0 saturated heterocycles. The van der Waals surface area contributed by atoms with Crippen molar-refractivity contribution in [2.75, 3.05) is 18.9 Å². The van der Waals surface area contributed by atoms with Crippen molar-refractivity contribution >= 4 is 11.6 Å². The second-order valence-corrected chi connectivity index (χ2v) is 3.82. The van der Waals surface area contributed by atoms with E-state index >= 15 is 0 Å². The third-order valence-electron chi connectivity index (χ3n) is 2.25. The number of ether oxygens (including phenoxy) is 2. The van der Waals surface area contributed by atoms with Crippen LogP contribution in [0.3, 0.4) is 0 Å². The van der Waals surface area contributed by atoms with Crippen LogP contribution in [0.4, 0.5) is 10.1 Å². The molecule has 1 aromatic rings. The Bertz CT molecular complexity index is 438. The summed E-state index contributed by atoms with van der Waals surface area (Å²) in [6.45, 7) is 4.45. The van der Waals surface area contributed by atoms with Crippen molar-refractivity contribution in [3.63, 3.8) is 0 Å². The highest BCUT2D eigenvalue weighted by molar-refractivity contribution is 5.98. The lowest BCUT2D eigenvalue weighted by Crippen LogP contribution is -2.20. The van der Waals surface area contributed by atoms with Crippen molar-refractivity contribution in [1.82, 2.24) is 0 Å². The molecule has 0 heterocycles. The Balaban J connectivity index is 2.88. The van der Waals surface area contributed by atoms with Crippen LogP contribution in [-0.2, 0) is 4.74 Å². The van der Waals surface area contributed by atoms with E-state index in [9.17, 15) is 9.18 Å². The van der Waals surface area contributed by atoms with Gasteiger partial charge in [0.05, 0.1) is 12.2 Å². The SMILES string of the molecule is CCOCC(C)Oc1cc(C(N)=O)c(N)cc1F. The molecule has 0 saturated carbocycles. The molecule has 100 valence electrons. The Hall–Kier alpha value is -1.82. The topological polar surface area (TPSA) is 87.6 Å². The van der Waals surface area contributed by atoms with E-state index in [2.05, 4.69) is 0 Å². The molecule has 1 atom stereocenters. The van der Waals surface area contributed by atoms with Gasteiger partial charge >= 0.3 is 0 Å². The lowest BCUT2D eigenvalue weighted by molar-refractivity contribution is 0.0636. The molecule has 0 radical (unpaired) electrons. The van der Waals surface area contributed by atoms with Crippen LogP contribution in [0.15, 0.2) is 12.1 Å². The molecule has 5 nitrogen and oxygen atoms in total. The molecular formula is C12H17FN2O3. The van der Waals surface area contributed by atoms with E-state index in [4.69, 9.17) is 20.9 Å². The monoisotopic (exact) mass is 256 g/mol. The van der Waals surface area contributed by atoms with Gasteiger partial charge in [0.15, 0.2) is 11.6 Å². The number of rotatable bonds is 6. The fourth-order valence-corrected chi connectivity index (χ4v) is 1.41. The van der Waals surface area contributed by atoms with Gasteiger partial charge in [0.2, 0.25) is 0 Å². The molecule has 0 spiro atoms. The summed E-state index contributed by atoms with van der Waals surface area (Å²) >= 11 is 0. The van der Waals surface area contributed by atoms with Gasteiger partial charge in [-0.25, -0.2) is 4.39 Å². The van der Waals surface area contributed by atoms with Gasteiger partial charge in [0.25, 0.3) is 5.91 Å². The molecule has 0 aromatic heterocycles. The van der Waals surface area contributed by atoms with Crippen LogP contribution < -0.4 is 16.2 Å². The molecule has 1 aromatic carbocycles. The molecule has 0 aliphatic carbocycles. The van der Waals surface area contributed by atoms with Crippen molar-refractivity contribution in [2.24, 2.45) is 5.73 Å². The summed E-state index contributed by atoms with van der Waals surface area (Å²) in [5.74, 6) is -1.43. The van der Waals surface area contributed by atoms with Gasteiger partial charge in [0.1, 0.15) is 6.10 Å². The molecule has 1 amide bonds. The number of primary amides is 1. The zero-order valence-corrected chi connectivity index (χ0v) is 10.4. The zero-order chi connectivity index (χ0) is 13.7. The van der Waals surface area contributed by atoms with E-state index in [1.54, 1.807) is 6.92 Å². The van der Waals surface area contributed by atoms with E-state index in [0.29, 0.717) is 13.2 Å². The predicted octanol–water partition coefficient (Wildman–Crippen LogP) is 1.31. The van der Waals surface area contributed by atoms with Gasteiger partial charge in [-0.05, 0) is 19.9 Å². The molecule has 0 fully saturated rings. The maximum atomic E-state index is 13.6. The lowest BCUT2D eigenvalue weighted by atomic mass is 10.1. The first kappa shape index (κ1) is 14.2. The summed E-state index contributed by atoms with van der Waals surface area (Å²) in [6.07, 6.45) is -0.344. The average molecular weight is 256 g/mol. The minimum absolute atomic E-state index is 0.00943. The Morgan fingerprint density at radius 1 is 1.50 bits per heavy atom. The van der Waals surface area contributed by atoms with Gasteiger partial charge in [-0.15, -0.1) is 0 Å². The summed E-state index contributed by atoms with van der Waals surface area (Å²) in [6, 6.07) is 2.22. The lowest BCUT2D eigenvalue weighted by Gasteiger charge is -2.16. The minimum Gasteiger partial charge on any atom is -0.485 e. The van der Waals surface area contributed by atoms with Gasteiger partial charge < -0.3 is 20.9 Å². The maximum Gasteiger partial charge on any atom is 0.250 e. The smallest absolute Gasteiger partial charge is 0.250 e. The van der Waals surface area contributed by atoms with Crippen LogP contribution in [-0.4, -0.2) is 25.2 Å². The molecule has 1 unspecified atom stereocenters. The van der Waals surface area contributed by atoms with Crippen LogP contribution in [0.25, 0.3) is 0 Å². The number of nitrogen functional groups attached to an aromatic ring is 1. The van der Waals surface area contributed by atoms with Crippen molar-refractivity contribution in [3.8, 4) is 5.75 Å². The summed E-state index contributed by atoms with van der Waals surface area (Å²) < 4.78 is 24.1. The zero-order valence-electron chi connectivity index (χ0n) is 10.4. The average Bonchev–Trinajstić information content (AvgIpc) is 2.29. The Kier molecular flexibility index (Phi) is 4.91. The highest BCUT2D eigenvalue weighted by atomic mass is 19.1. The number of nitrogens with two attached hydrogens (primary N) is 2. The van der Waals surface area contributed by atoms with Gasteiger partial charge in [0, 0.05) is 18.4 Å².